The van der Waals surface area contributed by atoms with Crippen molar-refractivity contribution < 1.29 is 9.53 Å². The van der Waals surface area contributed by atoms with Gasteiger partial charge in [0.1, 0.15) is 0 Å². The second kappa shape index (κ2) is 7.44. The van der Waals surface area contributed by atoms with E-state index in [0.717, 1.165) is 58.4 Å². The highest BCUT2D eigenvalue weighted by atomic mass is 32.1. The normalized spacial score (nSPS) is 14.4. The molecule has 3 nitrogen and oxygen atoms in total. The molecule has 0 unspecified atom stereocenters. The molecule has 0 spiro atoms. The van der Waals surface area contributed by atoms with Crippen LogP contribution in [-0.2, 0) is 4.74 Å². The predicted molar refractivity (Wildman–Crippen MR) is 107 cm³/mol. The van der Waals surface area contributed by atoms with Gasteiger partial charge in [-0.05, 0) is 18.6 Å². The van der Waals surface area contributed by atoms with E-state index in [1.54, 1.807) is 11.3 Å². The number of nitrogens with zero attached hydrogens (tertiary/aromatic N) is 1. The zero-order chi connectivity index (χ0) is 17.9. The lowest BCUT2D eigenvalue weighted by Crippen LogP contribution is -2.35. The molecule has 132 valence electrons. The van der Waals surface area contributed by atoms with Crippen LogP contribution in [0.25, 0.3) is 11.1 Å². The predicted octanol–water partition coefficient (Wildman–Crippen LogP) is 4.79. The van der Waals surface area contributed by atoms with Crippen LogP contribution in [0.3, 0.4) is 0 Å². The fourth-order valence-corrected chi connectivity index (χ4v) is 4.36. The molecule has 0 N–H and O–H groups in total. The highest BCUT2D eigenvalue weighted by Crippen LogP contribution is 2.40. The molecule has 3 aromatic rings. The standard InChI is InChI=1S/C22H21NO2S/c1-16-7-9-18(10-8-16)21(24)20-15-19(17-5-3-2-4-6-17)22(26-20)23-11-13-25-14-12-23/h2-10,15H,11-14H2,1H3. The summed E-state index contributed by atoms with van der Waals surface area (Å²) in [5.41, 5.74) is 4.18. The molecule has 4 rings (SSSR count). The van der Waals surface area contributed by atoms with Gasteiger partial charge in [0.2, 0.25) is 5.78 Å². The summed E-state index contributed by atoms with van der Waals surface area (Å²) in [4.78, 5) is 16.1. The highest BCUT2D eigenvalue weighted by molar-refractivity contribution is 7.18. The Kier molecular flexibility index (Phi) is 4.87. The van der Waals surface area contributed by atoms with Crippen LogP contribution in [0.5, 0.6) is 0 Å². The van der Waals surface area contributed by atoms with E-state index in [1.165, 1.54) is 0 Å². The monoisotopic (exact) mass is 363 g/mol. The number of morpholine rings is 1. The van der Waals surface area contributed by atoms with Crippen molar-refractivity contribution >= 4 is 22.1 Å². The highest BCUT2D eigenvalue weighted by Gasteiger charge is 2.22. The van der Waals surface area contributed by atoms with Gasteiger partial charge >= 0.3 is 0 Å². The first-order chi connectivity index (χ1) is 12.7. The third-order valence-corrected chi connectivity index (χ3v) is 5.83. The number of ketones is 1. The van der Waals surface area contributed by atoms with Gasteiger partial charge in [0.05, 0.1) is 23.1 Å². The van der Waals surface area contributed by atoms with E-state index in [0.29, 0.717) is 0 Å². The molecule has 2 aromatic carbocycles. The van der Waals surface area contributed by atoms with Gasteiger partial charge in [0, 0.05) is 24.2 Å². The van der Waals surface area contributed by atoms with Gasteiger partial charge in [-0.1, -0.05) is 60.2 Å². The number of hydrogen-bond acceptors (Lipinski definition) is 4. The minimum absolute atomic E-state index is 0.0895. The molecule has 1 fully saturated rings. The van der Waals surface area contributed by atoms with Crippen molar-refractivity contribution in [2.45, 2.75) is 6.92 Å². The molecular weight excluding hydrogens is 342 g/mol. The first-order valence-electron chi connectivity index (χ1n) is 8.86. The molecule has 1 saturated heterocycles. The number of ether oxygens (including phenoxy) is 1. The average Bonchev–Trinajstić information content (AvgIpc) is 3.15. The summed E-state index contributed by atoms with van der Waals surface area (Å²) in [5, 5.41) is 1.16. The quantitative estimate of drug-likeness (QED) is 0.624. The Hall–Kier alpha value is -2.43. The molecule has 0 atom stereocenters. The number of carbonyl (C=O) groups is 1. The number of aryl methyl sites for hydroxylation is 1. The van der Waals surface area contributed by atoms with Crippen LogP contribution < -0.4 is 4.90 Å². The first-order valence-corrected chi connectivity index (χ1v) is 9.67. The summed E-state index contributed by atoms with van der Waals surface area (Å²) in [5.74, 6) is 0.0895. The summed E-state index contributed by atoms with van der Waals surface area (Å²) < 4.78 is 5.50. The molecule has 0 amide bonds. The Morgan fingerprint density at radius 2 is 1.69 bits per heavy atom. The average molecular weight is 363 g/mol. The lowest BCUT2D eigenvalue weighted by molar-refractivity contribution is 0.104. The van der Waals surface area contributed by atoms with Crippen LogP contribution in [0.1, 0.15) is 20.8 Å². The number of carbonyl (C=O) groups excluding carboxylic acids is 1. The lowest BCUT2D eigenvalue weighted by atomic mass is 10.0. The van der Waals surface area contributed by atoms with Gasteiger partial charge in [0.25, 0.3) is 0 Å². The molecular formula is C22H21NO2S. The van der Waals surface area contributed by atoms with E-state index >= 15 is 0 Å². The first kappa shape index (κ1) is 17.0. The van der Waals surface area contributed by atoms with E-state index in [9.17, 15) is 4.79 Å². The molecule has 1 aliphatic heterocycles. The fraction of sp³-hybridized carbons (Fsp3) is 0.227. The molecule has 26 heavy (non-hydrogen) atoms. The van der Waals surface area contributed by atoms with E-state index in [4.69, 9.17) is 4.74 Å². The molecule has 0 bridgehead atoms. The zero-order valence-corrected chi connectivity index (χ0v) is 15.6. The molecule has 0 aliphatic carbocycles. The molecule has 0 radical (unpaired) electrons. The third-order valence-electron chi connectivity index (χ3n) is 4.63. The summed E-state index contributed by atoms with van der Waals surface area (Å²) in [6.45, 7) is 5.21. The number of hydrogen-bond donors (Lipinski definition) is 0. The maximum Gasteiger partial charge on any atom is 0.203 e. The summed E-state index contributed by atoms with van der Waals surface area (Å²) in [6.07, 6.45) is 0. The zero-order valence-electron chi connectivity index (χ0n) is 14.8. The maximum atomic E-state index is 13.0. The van der Waals surface area contributed by atoms with Crippen LogP contribution in [0.4, 0.5) is 5.00 Å². The second-order valence-corrected chi connectivity index (χ2v) is 7.52. The molecule has 4 heteroatoms. The molecule has 2 heterocycles. The number of rotatable bonds is 4. The Balaban J connectivity index is 1.75. The largest absolute Gasteiger partial charge is 0.378 e. The SMILES string of the molecule is Cc1ccc(C(=O)c2cc(-c3ccccc3)c(N3CCOCC3)s2)cc1. The van der Waals surface area contributed by atoms with Crippen molar-refractivity contribution in [1.29, 1.82) is 0 Å². The van der Waals surface area contributed by atoms with Gasteiger partial charge in [-0.2, -0.15) is 0 Å². The third kappa shape index (κ3) is 3.43. The smallest absolute Gasteiger partial charge is 0.203 e. The van der Waals surface area contributed by atoms with Crippen LogP contribution in [-0.4, -0.2) is 32.1 Å². The fourth-order valence-electron chi connectivity index (χ4n) is 3.17. The Morgan fingerprint density at radius 1 is 1.00 bits per heavy atom. The van der Waals surface area contributed by atoms with Crippen LogP contribution in [0.2, 0.25) is 0 Å². The number of benzene rings is 2. The van der Waals surface area contributed by atoms with Gasteiger partial charge < -0.3 is 9.64 Å². The van der Waals surface area contributed by atoms with Gasteiger partial charge in [-0.3, -0.25) is 4.79 Å². The van der Waals surface area contributed by atoms with E-state index < -0.39 is 0 Å². The molecule has 1 aliphatic rings. The van der Waals surface area contributed by atoms with Crippen molar-refractivity contribution in [3.63, 3.8) is 0 Å². The summed E-state index contributed by atoms with van der Waals surface area (Å²) >= 11 is 1.59. The Morgan fingerprint density at radius 3 is 2.38 bits per heavy atom. The van der Waals surface area contributed by atoms with Crippen LogP contribution >= 0.6 is 11.3 Å². The van der Waals surface area contributed by atoms with Crippen molar-refractivity contribution in [3.05, 3.63) is 76.7 Å². The van der Waals surface area contributed by atoms with Gasteiger partial charge in [0.15, 0.2) is 0 Å². The molecule has 0 saturated carbocycles. The number of thiophene rings is 1. The number of anilines is 1. The van der Waals surface area contributed by atoms with Crippen molar-refractivity contribution in [1.82, 2.24) is 0 Å². The minimum atomic E-state index is 0.0895. The maximum absolute atomic E-state index is 13.0. The van der Waals surface area contributed by atoms with E-state index in [1.807, 2.05) is 55.5 Å². The minimum Gasteiger partial charge on any atom is -0.378 e. The topological polar surface area (TPSA) is 29.5 Å². The second-order valence-electron chi connectivity index (χ2n) is 6.49. The summed E-state index contributed by atoms with van der Waals surface area (Å²) in [7, 11) is 0. The van der Waals surface area contributed by atoms with Crippen LogP contribution in [0.15, 0.2) is 60.7 Å². The Labute approximate surface area is 157 Å². The van der Waals surface area contributed by atoms with Gasteiger partial charge in [-0.15, -0.1) is 11.3 Å². The van der Waals surface area contributed by atoms with Crippen molar-refractivity contribution in [3.8, 4) is 11.1 Å². The van der Waals surface area contributed by atoms with Crippen molar-refractivity contribution in [2.75, 3.05) is 31.2 Å². The van der Waals surface area contributed by atoms with E-state index in [2.05, 4.69) is 17.0 Å². The van der Waals surface area contributed by atoms with Gasteiger partial charge in [-0.25, -0.2) is 0 Å². The van der Waals surface area contributed by atoms with E-state index in [-0.39, 0.29) is 5.78 Å². The lowest BCUT2D eigenvalue weighted by Gasteiger charge is -2.28. The Bertz CT molecular complexity index is 894. The molecule has 1 aromatic heterocycles. The summed E-state index contributed by atoms with van der Waals surface area (Å²) in [6, 6.07) is 20.1. The van der Waals surface area contributed by atoms with Crippen LogP contribution in [0, 0.1) is 6.92 Å². The van der Waals surface area contributed by atoms with Crippen molar-refractivity contribution in [2.24, 2.45) is 0 Å².